The minimum absolute atomic E-state index is 0.0763. The average Bonchev–Trinajstić information content (AvgIpc) is 2.56. The standard InChI is InChI=1S/C18H20ClNO2/c19-16-8-6-14(7-9-16)17(21)12-20-10-11-22-18(13-20)15-4-2-1-3-5-15/h1-9,17-18,21H,10-13H2. The van der Waals surface area contributed by atoms with E-state index in [9.17, 15) is 5.11 Å². The van der Waals surface area contributed by atoms with E-state index in [4.69, 9.17) is 16.3 Å². The average molecular weight is 318 g/mol. The summed E-state index contributed by atoms with van der Waals surface area (Å²) in [5.41, 5.74) is 2.08. The first-order valence-electron chi connectivity index (χ1n) is 7.55. The van der Waals surface area contributed by atoms with Gasteiger partial charge in [-0.25, -0.2) is 0 Å². The highest BCUT2D eigenvalue weighted by Crippen LogP contribution is 2.24. The van der Waals surface area contributed by atoms with Gasteiger partial charge in [0.15, 0.2) is 0 Å². The number of β-amino-alcohol motifs (C(OH)–C–C–N with tert-alkyl or cyclic N) is 1. The molecule has 3 nitrogen and oxygen atoms in total. The van der Waals surface area contributed by atoms with Crippen molar-refractivity contribution in [3.05, 3.63) is 70.7 Å². The minimum Gasteiger partial charge on any atom is -0.387 e. The molecule has 4 heteroatoms. The van der Waals surface area contributed by atoms with Crippen molar-refractivity contribution in [2.45, 2.75) is 12.2 Å². The molecule has 0 aromatic heterocycles. The fourth-order valence-corrected chi connectivity index (χ4v) is 2.90. The maximum absolute atomic E-state index is 10.4. The van der Waals surface area contributed by atoms with Crippen LogP contribution in [0.5, 0.6) is 0 Å². The lowest BCUT2D eigenvalue weighted by molar-refractivity contribution is -0.0424. The summed E-state index contributed by atoms with van der Waals surface area (Å²) in [7, 11) is 0. The summed E-state index contributed by atoms with van der Waals surface area (Å²) in [5.74, 6) is 0. The van der Waals surface area contributed by atoms with Crippen LogP contribution in [0.15, 0.2) is 54.6 Å². The SMILES string of the molecule is OC(CN1CCOC(c2ccccc2)C1)c1ccc(Cl)cc1. The lowest BCUT2D eigenvalue weighted by atomic mass is 10.1. The van der Waals surface area contributed by atoms with Gasteiger partial charge in [-0.05, 0) is 23.3 Å². The van der Waals surface area contributed by atoms with E-state index in [1.165, 1.54) is 5.56 Å². The Hall–Kier alpha value is -1.39. The van der Waals surface area contributed by atoms with Gasteiger partial charge in [0.25, 0.3) is 0 Å². The number of rotatable bonds is 4. The second-order valence-electron chi connectivity index (χ2n) is 5.60. The summed E-state index contributed by atoms with van der Waals surface area (Å²) in [5, 5.41) is 11.1. The maximum atomic E-state index is 10.4. The molecule has 22 heavy (non-hydrogen) atoms. The van der Waals surface area contributed by atoms with Crippen LogP contribution in [0, 0.1) is 0 Å². The zero-order valence-electron chi connectivity index (χ0n) is 12.4. The molecule has 0 spiro atoms. The van der Waals surface area contributed by atoms with E-state index < -0.39 is 6.10 Å². The molecule has 1 aliphatic heterocycles. The summed E-state index contributed by atoms with van der Waals surface area (Å²) >= 11 is 5.89. The van der Waals surface area contributed by atoms with E-state index in [1.807, 2.05) is 42.5 Å². The molecule has 0 aliphatic carbocycles. The smallest absolute Gasteiger partial charge is 0.0952 e. The van der Waals surface area contributed by atoms with Gasteiger partial charge in [0.1, 0.15) is 0 Å². The molecule has 0 radical (unpaired) electrons. The molecule has 0 amide bonds. The predicted octanol–water partition coefficient (Wildman–Crippen LogP) is 3.45. The van der Waals surface area contributed by atoms with E-state index in [-0.39, 0.29) is 6.10 Å². The highest BCUT2D eigenvalue weighted by atomic mass is 35.5. The third kappa shape index (κ3) is 3.87. The van der Waals surface area contributed by atoms with Crippen LogP contribution >= 0.6 is 11.6 Å². The second-order valence-corrected chi connectivity index (χ2v) is 6.03. The van der Waals surface area contributed by atoms with Gasteiger partial charge in [-0.1, -0.05) is 54.1 Å². The largest absolute Gasteiger partial charge is 0.387 e. The molecule has 1 fully saturated rings. The van der Waals surface area contributed by atoms with Gasteiger partial charge in [0.2, 0.25) is 0 Å². The van der Waals surface area contributed by atoms with Crippen molar-refractivity contribution in [3.63, 3.8) is 0 Å². The Labute approximate surface area is 136 Å². The zero-order chi connectivity index (χ0) is 15.4. The molecule has 1 heterocycles. The van der Waals surface area contributed by atoms with Crippen molar-refractivity contribution in [1.82, 2.24) is 4.90 Å². The monoisotopic (exact) mass is 317 g/mol. The fraction of sp³-hybridized carbons (Fsp3) is 0.333. The van der Waals surface area contributed by atoms with Crippen molar-refractivity contribution < 1.29 is 9.84 Å². The summed E-state index contributed by atoms with van der Waals surface area (Å²) in [4.78, 5) is 2.25. The Balaban J connectivity index is 1.61. The van der Waals surface area contributed by atoms with Crippen molar-refractivity contribution in [2.75, 3.05) is 26.2 Å². The Morgan fingerprint density at radius 2 is 1.86 bits per heavy atom. The van der Waals surface area contributed by atoms with E-state index in [2.05, 4.69) is 17.0 Å². The predicted molar refractivity (Wildman–Crippen MR) is 88.0 cm³/mol. The lowest BCUT2D eigenvalue weighted by Crippen LogP contribution is -2.40. The van der Waals surface area contributed by atoms with E-state index in [1.54, 1.807) is 0 Å². The molecule has 2 aromatic rings. The van der Waals surface area contributed by atoms with E-state index >= 15 is 0 Å². The van der Waals surface area contributed by atoms with Gasteiger partial charge >= 0.3 is 0 Å². The van der Waals surface area contributed by atoms with Crippen molar-refractivity contribution in [1.29, 1.82) is 0 Å². The molecule has 1 aliphatic rings. The number of halogens is 1. The molecule has 116 valence electrons. The summed E-state index contributed by atoms with van der Waals surface area (Å²) in [6.45, 7) is 2.93. The molecule has 0 bridgehead atoms. The van der Waals surface area contributed by atoms with Crippen molar-refractivity contribution in [3.8, 4) is 0 Å². The van der Waals surface area contributed by atoms with Crippen molar-refractivity contribution in [2.24, 2.45) is 0 Å². The van der Waals surface area contributed by atoms with Crippen LogP contribution in [-0.2, 0) is 4.74 Å². The normalized spacial score (nSPS) is 20.7. The van der Waals surface area contributed by atoms with Gasteiger partial charge in [-0.2, -0.15) is 0 Å². The van der Waals surface area contributed by atoms with Crippen LogP contribution in [0.4, 0.5) is 0 Å². The Bertz CT molecular complexity index is 588. The van der Waals surface area contributed by atoms with Crippen LogP contribution in [-0.4, -0.2) is 36.2 Å². The second kappa shape index (κ2) is 7.25. The summed E-state index contributed by atoms with van der Waals surface area (Å²) in [6.07, 6.45) is -0.431. The molecule has 1 saturated heterocycles. The molecule has 3 rings (SSSR count). The van der Waals surface area contributed by atoms with Crippen LogP contribution in [0.2, 0.25) is 5.02 Å². The minimum atomic E-state index is -0.508. The molecule has 2 unspecified atom stereocenters. The first-order chi connectivity index (χ1) is 10.7. The van der Waals surface area contributed by atoms with Gasteiger partial charge in [-0.15, -0.1) is 0 Å². The third-order valence-electron chi connectivity index (χ3n) is 4.01. The fourth-order valence-electron chi connectivity index (χ4n) is 2.77. The third-order valence-corrected chi connectivity index (χ3v) is 4.26. The Kier molecular flexibility index (Phi) is 5.11. The quantitative estimate of drug-likeness (QED) is 0.937. The van der Waals surface area contributed by atoms with Gasteiger partial charge in [-0.3, -0.25) is 4.90 Å². The number of hydrogen-bond donors (Lipinski definition) is 1. The van der Waals surface area contributed by atoms with E-state index in [0.717, 1.165) is 18.7 Å². The molecule has 2 aromatic carbocycles. The first kappa shape index (κ1) is 15.5. The Morgan fingerprint density at radius 1 is 1.14 bits per heavy atom. The van der Waals surface area contributed by atoms with Crippen molar-refractivity contribution >= 4 is 11.6 Å². The van der Waals surface area contributed by atoms with Crippen LogP contribution in [0.3, 0.4) is 0 Å². The lowest BCUT2D eigenvalue weighted by Gasteiger charge is -2.34. The van der Waals surface area contributed by atoms with E-state index in [0.29, 0.717) is 18.2 Å². The number of nitrogens with zero attached hydrogens (tertiary/aromatic N) is 1. The maximum Gasteiger partial charge on any atom is 0.0952 e. The molecule has 0 saturated carbocycles. The number of aliphatic hydroxyl groups excluding tert-OH is 1. The molecular weight excluding hydrogens is 298 g/mol. The number of benzene rings is 2. The van der Waals surface area contributed by atoms with Crippen LogP contribution in [0.25, 0.3) is 0 Å². The summed E-state index contributed by atoms with van der Waals surface area (Å²) in [6, 6.07) is 17.6. The van der Waals surface area contributed by atoms with Crippen LogP contribution < -0.4 is 0 Å². The number of morpholine rings is 1. The molecule has 2 atom stereocenters. The number of ether oxygens (including phenoxy) is 1. The topological polar surface area (TPSA) is 32.7 Å². The number of aliphatic hydroxyl groups is 1. The number of hydrogen-bond acceptors (Lipinski definition) is 3. The van der Waals surface area contributed by atoms with Gasteiger partial charge in [0.05, 0.1) is 18.8 Å². The van der Waals surface area contributed by atoms with Gasteiger partial charge in [0, 0.05) is 24.7 Å². The van der Waals surface area contributed by atoms with Crippen LogP contribution in [0.1, 0.15) is 23.3 Å². The first-order valence-corrected chi connectivity index (χ1v) is 7.92. The summed E-state index contributed by atoms with van der Waals surface area (Å²) < 4.78 is 5.86. The Morgan fingerprint density at radius 3 is 2.59 bits per heavy atom. The van der Waals surface area contributed by atoms with Gasteiger partial charge < -0.3 is 9.84 Å². The highest BCUT2D eigenvalue weighted by molar-refractivity contribution is 6.30. The highest BCUT2D eigenvalue weighted by Gasteiger charge is 2.23. The molecular formula is C18H20ClNO2. The molecule has 1 N–H and O–H groups in total. The zero-order valence-corrected chi connectivity index (χ0v) is 13.1.